The Morgan fingerprint density at radius 2 is 1.96 bits per heavy atom. The average Bonchev–Trinajstić information content (AvgIpc) is 3.53. The minimum absolute atomic E-state index is 0.0430. The number of hydrogen-bond donors (Lipinski definition) is 1. The van der Waals surface area contributed by atoms with Gasteiger partial charge >= 0.3 is 0 Å². The minimum atomic E-state index is -0.0752. The van der Waals surface area contributed by atoms with Crippen LogP contribution in [-0.4, -0.2) is 74.1 Å². The predicted octanol–water partition coefficient (Wildman–Crippen LogP) is 1.28. The normalized spacial score (nSPS) is 17.1. The van der Waals surface area contributed by atoms with Gasteiger partial charge in [-0.15, -0.1) is 0 Å². The third-order valence-electron chi connectivity index (χ3n) is 4.99. The van der Waals surface area contributed by atoms with E-state index >= 15 is 0 Å². The molecule has 2 fully saturated rings. The number of methoxy groups -OCH3 is 1. The number of rotatable bonds is 8. The second-order valence-corrected chi connectivity index (χ2v) is 6.99. The Morgan fingerprint density at radius 1 is 1.19 bits per heavy atom. The second-order valence-electron chi connectivity index (χ2n) is 6.99. The number of carbonyl (C=O) groups excluding carboxylic acids is 2. The van der Waals surface area contributed by atoms with Crippen LogP contribution in [0.15, 0.2) is 24.3 Å². The smallest absolute Gasteiger partial charge is 0.260 e. The van der Waals surface area contributed by atoms with Crippen molar-refractivity contribution in [3.05, 3.63) is 24.3 Å². The van der Waals surface area contributed by atoms with E-state index in [2.05, 4.69) is 5.32 Å². The molecule has 7 heteroatoms. The lowest BCUT2D eigenvalue weighted by Gasteiger charge is -2.25. The zero-order valence-corrected chi connectivity index (χ0v) is 16.0. The molecule has 2 aliphatic rings. The van der Waals surface area contributed by atoms with Crippen LogP contribution in [0.3, 0.4) is 0 Å². The third-order valence-corrected chi connectivity index (χ3v) is 4.99. The SMILES string of the molecule is COc1ccccc1OCC(=O)N(CCC(=O)N1CCCNCC1)C1CC1. The van der Waals surface area contributed by atoms with Gasteiger partial charge in [0.2, 0.25) is 5.91 Å². The number of para-hydroxylation sites is 2. The molecular formula is C20H29N3O4. The summed E-state index contributed by atoms with van der Waals surface area (Å²) in [5.74, 6) is 1.21. The van der Waals surface area contributed by atoms with E-state index < -0.39 is 0 Å². The van der Waals surface area contributed by atoms with Crippen LogP contribution in [0.4, 0.5) is 0 Å². The molecule has 1 heterocycles. The van der Waals surface area contributed by atoms with Gasteiger partial charge in [-0.2, -0.15) is 0 Å². The van der Waals surface area contributed by atoms with Crippen LogP contribution in [0.1, 0.15) is 25.7 Å². The fourth-order valence-corrected chi connectivity index (χ4v) is 3.33. The van der Waals surface area contributed by atoms with Gasteiger partial charge in [0.25, 0.3) is 5.91 Å². The van der Waals surface area contributed by atoms with E-state index in [0.29, 0.717) is 24.5 Å². The summed E-state index contributed by atoms with van der Waals surface area (Å²) >= 11 is 0. The molecule has 1 saturated carbocycles. The first-order chi connectivity index (χ1) is 13.2. The number of nitrogens with one attached hydrogen (secondary N) is 1. The maximum absolute atomic E-state index is 12.7. The topological polar surface area (TPSA) is 71.1 Å². The van der Waals surface area contributed by atoms with E-state index in [1.165, 1.54) is 0 Å². The third kappa shape index (κ3) is 5.60. The lowest BCUT2D eigenvalue weighted by Crippen LogP contribution is -2.41. The molecule has 1 aromatic rings. The van der Waals surface area contributed by atoms with Crippen LogP contribution in [0.2, 0.25) is 0 Å². The van der Waals surface area contributed by atoms with Gasteiger partial charge in [0.1, 0.15) is 0 Å². The van der Waals surface area contributed by atoms with E-state index in [9.17, 15) is 9.59 Å². The van der Waals surface area contributed by atoms with Crippen molar-refractivity contribution in [2.75, 3.05) is 46.4 Å². The van der Waals surface area contributed by atoms with Gasteiger partial charge in [0, 0.05) is 38.6 Å². The van der Waals surface area contributed by atoms with E-state index in [0.717, 1.165) is 45.4 Å². The van der Waals surface area contributed by atoms with Gasteiger partial charge in [-0.3, -0.25) is 9.59 Å². The number of benzene rings is 1. The number of ether oxygens (including phenoxy) is 2. The predicted molar refractivity (Wildman–Crippen MR) is 102 cm³/mol. The fraction of sp³-hybridized carbons (Fsp3) is 0.600. The Balaban J connectivity index is 1.50. The van der Waals surface area contributed by atoms with Crippen LogP contribution < -0.4 is 14.8 Å². The monoisotopic (exact) mass is 375 g/mol. The van der Waals surface area contributed by atoms with E-state index in [-0.39, 0.29) is 24.5 Å². The van der Waals surface area contributed by atoms with Gasteiger partial charge in [-0.05, 0) is 37.9 Å². The number of hydrogen-bond acceptors (Lipinski definition) is 5. The molecule has 1 aliphatic heterocycles. The van der Waals surface area contributed by atoms with Gasteiger partial charge < -0.3 is 24.6 Å². The van der Waals surface area contributed by atoms with E-state index in [1.54, 1.807) is 19.2 Å². The molecule has 0 bridgehead atoms. The van der Waals surface area contributed by atoms with Crippen LogP contribution in [0.25, 0.3) is 0 Å². The summed E-state index contributed by atoms with van der Waals surface area (Å²) in [7, 11) is 1.57. The van der Waals surface area contributed by atoms with Crippen molar-refractivity contribution >= 4 is 11.8 Å². The molecule has 7 nitrogen and oxygen atoms in total. The first-order valence-electron chi connectivity index (χ1n) is 9.73. The first kappa shape index (κ1) is 19.5. The molecule has 1 aromatic carbocycles. The highest BCUT2D eigenvalue weighted by Gasteiger charge is 2.33. The highest BCUT2D eigenvalue weighted by molar-refractivity contribution is 5.80. The zero-order chi connectivity index (χ0) is 19.1. The molecule has 148 valence electrons. The molecule has 3 rings (SSSR count). The molecular weight excluding hydrogens is 346 g/mol. The van der Waals surface area contributed by atoms with Crippen molar-refractivity contribution in [1.29, 1.82) is 0 Å². The van der Waals surface area contributed by atoms with Crippen LogP contribution >= 0.6 is 0 Å². The maximum atomic E-state index is 12.7. The molecule has 0 atom stereocenters. The molecule has 2 amide bonds. The largest absolute Gasteiger partial charge is 0.493 e. The Bertz CT molecular complexity index is 640. The maximum Gasteiger partial charge on any atom is 0.260 e. The number of nitrogens with zero attached hydrogens (tertiary/aromatic N) is 2. The minimum Gasteiger partial charge on any atom is -0.493 e. The van der Waals surface area contributed by atoms with Gasteiger partial charge in [-0.1, -0.05) is 12.1 Å². The van der Waals surface area contributed by atoms with Crippen molar-refractivity contribution in [2.24, 2.45) is 0 Å². The summed E-state index contributed by atoms with van der Waals surface area (Å²) in [5, 5.41) is 3.30. The molecule has 0 aromatic heterocycles. The Hall–Kier alpha value is -2.28. The summed E-state index contributed by atoms with van der Waals surface area (Å²) in [4.78, 5) is 28.9. The van der Waals surface area contributed by atoms with Crippen LogP contribution in [-0.2, 0) is 9.59 Å². The molecule has 0 radical (unpaired) electrons. The van der Waals surface area contributed by atoms with Gasteiger partial charge in [0.15, 0.2) is 18.1 Å². The molecule has 0 spiro atoms. The quantitative estimate of drug-likeness (QED) is 0.741. The Morgan fingerprint density at radius 3 is 2.70 bits per heavy atom. The first-order valence-corrected chi connectivity index (χ1v) is 9.73. The molecule has 1 aliphatic carbocycles. The summed E-state index contributed by atoms with van der Waals surface area (Å²) < 4.78 is 10.9. The number of carbonyl (C=O) groups is 2. The number of amides is 2. The van der Waals surface area contributed by atoms with Gasteiger partial charge in [0.05, 0.1) is 7.11 Å². The fourth-order valence-electron chi connectivity index (χ4n) is 3.33. The highest BCUT2D eigenvalue weighted by Crippen LogP contribution is 2.28. The lowest BCUT2D eigenvalue weighted by atomic mass is 10.3. The van der Waals surface area contributed by atoms with Crippen molar-refractivity contribution in [2.45, 2.75) is 31.7 Å². The Labute approximate surface area is 160 Å². The van der Waals surface area contributed by atoms with Crippen molar-refractivity contribution in [3.63, 3.8) is 0 Å². The van der Waals surface area contributed by atoms with Crippen LogP contribution in [0.5, 0.6) is 11.5 Å². The molecule has 27 heavy (non-hydrogen) atoms. The van der Waals surface area contributed by atoms with Crippen molar-refractivity contribution < 1.29 is 19.1 Å². The average molecular weight is 375 g/mol. The molecule has 1 saturated heterocycles. The standard InChI is InChI=1S/C20H29N3O4/c1-26-17-5-2-3-6-18(17)27-15-20(25)23(16-7-8-16)13-9-19(24)22-12-4-10-21-11-14-22/h2-3,5-6,16,21H,4,7-15H2,1H3. The zero-order valence-electron chi connectivity index (χ0n) is 16.0. The summed E-state index contributed by atoms with van der Waals surface area (Å²) in [6.07, 6.45) is 3.35. The van der Waals surface area contributed by atoms with Gasteiger partial charge in [-0.25, -0.2) is 0 Å². The lowest BCUT2D eigenvalue weighted by molar-refractivity contribution is -0.136. The van der Waals surface area contributed by atoms with E-state index in [1.807, 2.05) is 21.9 Å². The van der Waals surface area contributed by atoms with Crippen molar-refractivity contribution in [1.82, 2.24) is 15.1 Å². The van der Waals surface area contributed by atoms with E-state index in [4.69, 9.17) is 9.47 Å². The summed E-state index contributed by atoms with van der Waals surface area (Å²) in [6, 6.07) is 7.53. The van der Waals surface area contributed by atoms with Crippen LogP contribution in [0, 0.1) is 0 Å². The highest BCUT2D eigenvalue weighted by atomic mass is 16.5. The summed E-state index contributed by atoms with van der Waals surface area (Å²) in [6.45, 7) is 3.74. The van der Waals surface area contributed by atoms with Crippen molar-refractivity contribution in [3.8, 4) is 11.5 Å². The second kappa shape index (κ2) is 9.60. The summed E-state index contributed by atoms with van der Waals surface area (Å²) in [5.41, 5.74) is 0. The Kier molecular flexibility index (Phi) is 6.92. The molecule has 0 unspecified atom stereocenters. The molecule has 1 N–H and O–H groups in total.